The Morgan fingerprint density at radius 1 is 1.11 bits per heavy atom. The summed E-state index contributed by atoms with van der Waals surface area (Å²) >= 11 is 0. The first kappa shape index (κ1) is 25.2. The Morgan fingerprint density at radius 3 is 2.53 bits per heavy atom. The Balaban J connectivity index is 1.56. The number of hydrogen-bond donors (Lipinski definition) is 1. The molecule has 0 spiro atoms. The molecule has 0 bridgehead atoms. The zero-order valence-electron chi connectivity index (χ0n) is 18.6. The summed E-state index contributed by atoms with van der Waals surface area (Å²) in [7, 11) is 0. The Bertz CT molecular complexity index is 1360. The third kappa shape index (κ3) is 5.06. The molecular weight excluding hydrogens is 488 g/mol. The molecule has 0 aliphatic carbocycles. The van der Waals surface area contributed by atoms with Crippen LogP contribution in [0.15, 0.2) is 36.4 Å². The van der Waals surface area contributed by atoms with Crippen LogP contribution in [0.1, 0.15) is 29.1 Å². The average molecular weight is 507 g/mol. The Morgan fingerprint density at radius 2 is 1.83 bits per heavy atom. The Labute approximate surface area is 201 Å². The van der Waals surface area contributed by atoms with Crippen molar-refractivity contribution in [3.05, 3.63) is 76.5 Å². The molecule has 0 saturated carbocycles. The second-order valence-electron chi connectivity index (χ2n) is 8.41. The van der Waals surface area contributed by atoms with Crippen molar-refractivity contribution in [3.8, 4) is 17.3 Å². The van der Waals surface area contributed by atoms with Crippen molar-refractivity contribution in [2.45, 2.75) is 38.1 Å². The molecule has 3 aromatic rings. The molecule has 1 atom stereocenters. The molecule has 2 aromatic carbocycles. The van der Waals surface area contributed by atoms with E-state index in [0.29, 0.717) is 17.7 Å². The molecule has 0 saturated heterocycles. The lowest BCUT2D eigenvalue weighted by Crippen LogP contribution is -2.42. The van der Waals surface area contributed by atoms with E-state index in [0.717, 1.165) is 4.57 Å². The van der Waals surface area contributed by atoms with Crippen molar-refractivity contribution in [3.63, 3.8) is 0 Å². The lowest BCUT2D eigenvalue weighted by molar-refractivity contribution is -0.148. The number of carbonyl (C=O) groups is 1. The molecule has 1 aliphatic rings. The molecule has 6 nitrogen and oxygen atoms in total. The van der Waals surface area contributed by atoms with Crippen LogP contribution in [-0.2, 0) is 30.5 Å². The fraction of sp³-hybridized carbons (Fsp3) is 0.292. The molecule has 4 rings (SSSR count). The van der Waals surface area contributed by atoms with E-state index in [1.165, 1.54) is 29.2 Å². The van der Waals surface area contributed by atoms with Gasteiger partial charge in [0.1, 0.15) is 5.82 Å². The number of alkyl halides is 3. The summed E-state index contributed by atoms with van der Waals surface area (Å²) < 4.78 is 82.5. The number of rotatable bonds is 5. The lowest BCUT2D eigenvalue weighted by Gasteiger charge is -2.30. The molecule has 188 valence electrons. The SMILES string of the molecule is N#Cc1cccc(-c2nc(C(F)(F)F)n3c2CN(C(=O)CC(N)Cc2cc(F)c(F)cc2F)CC3)c1. The van der Waals surface area contributed by atoms with Crippen LogP contribution in [0.5, 0.6) is 0 Å². The number of nitrogens with two attached hydrogens (primary N) is 1. The maximum atomic E-state index is 13.9. The average Bonchev–Trinajstić information content (AvgIpc) is 3.22. The smallest absolute Gasteiger partial charge is 0.335 e. The number of hydrogen-bond acceptors (Lipinski definition) is 4. The lowest BCUT2D eigenvalue weighted by atomic mass is 10.0. The first-order valence-electron chi connectivity index (χ1n) is 10.8. The number of benzene rings is 2. The molecule has 1 aromatic heterocycles. The van der Waals surface area contributed by atoms with Crippen molar-refractivity contribution in [1.82, 2.24) is 14.5 Å². The van der Waals surface area contributed by atoms with Crippen molar-refractivity contribution in [2.24, 2.45) is 5.73 Å². The van der Waals surface area contributed by atoms with E-state index in [4.69, 9.17) is 11.0 Å². The first-order chi connectivity index (χ1) is 17.0. The molecule has 1 aliphatic heterocycles. The molecule has 0 fully saturated rings. The zero-order chi connectivity index (χ0) is 26.2. The third-order valence-electron chi connectivity index (χ3n) is 5.89. The minimum absolute atomic E-state index is 0.00471. The standard InChI is InChI=1S/C24H19F6N5O/c25-17-10-19(27)18(26)8-15(17)7-16(32)9-21(36)34-4-5-35-20(12-34)22(33-23(35)24(28,29)30)14-3-1-2-13(6-14)11-31/h1-3,6,8,10,16H,4-5,7,9,12,32H2. The van der Waals surface area contributed by atoms with Gasteiger partial charge >= 0.3 is 6.18 Å². The predicted octanol–water partition coefficient (Wildman–Crippen LogP) is 4.16. The Kier molecular flexibility index (Phi) is 6.77. The van der Waals surface area contributed by atoms with Gasteiger partial charge in [0.25, 0.3) is 0 Å². The van der Waals surface area contributed by atoms with Gasteiger partial charge in [0.15, 0.2) is 11.6 Å². The highest BCUT2D eigenvalue weighted by molar-refractivity contribution is 5.77. The summed E-state index contributed by atoms with van der Waals surface area (Å²) in [5, 5.41) is 9.15. The summed E-state index contributed by atoms with van der Waals surface area (Å²) in [6, 6.07) is 8.02. The first-order valence-corrected chi connectivity index (χ1v) is 10.8. The maximum Gasteiger partial charge on any atom is 0.449 e. The second-order valence-corrected chi connectivity index (χ2v) is 8.41. The molecule has 2 heterocycles. The number of fused-ring (bicyclic) bond motifs is 1. The molecule has 1 amide bonds. The van der Waals surface area contributed by atoms with Crippen LogP contribution < -0.4 is 5.73 Å². The maximum absolute atomic E-state index is 13.9. The largest absolute Gasteiger partial charge is 0.449 e. The van der Waals surface area contributed by atoms with Gasteiger partial charge in [0.2, 0.25) is 11.7 Å². The van der Waals surface area contributed by atoms with Crippen LogP contribution in [0, 0.1) is 28.8 Å². The van der Waals surface area contributed by atoms with Gasteiger partial charge in [0.05, 0.1) is 29.6 Å². The zero-order valence-corrected chi connectivity index (χ0v) is 18.6. The highest BCUT2D eigenvalue weighted by Gasteiger charge is 2.40. The number of nitriles is 1. The third-order valence-corrected chi connectivity index (χ3v) is 5.89. The number of carbonyl (C=O) groups excluding carboxylic acids is 1. The van der Waals surface area contributed by atoms with E-state index in [1.807, 2.05) is 6.07 Å². The highest BCUT2D eigenvalue weighted by Crippen LogP contribution is 2.36. The van der Waals surface area contributed by atoms with Gasteiger partial charge in [-0.1, -0.05) is 12.1 Å². The van der Waals surface area contributed by atoms with Crippen molar-refractivity contribution < 1.29 is 31.1 Å². The van der Waals surface area contributed by atoms with Gasteiger partial charge in [-0.15, -0.1) is 0 Å². The fourth-order valence-corrected chi connectivity index (χ4v) is 4.19. The molecule has 36 heavy (non-hydrogen) atoms. The number of imidazole rings is 1. The van der Waals surface area contributed by atoms with E-state index >= 15 is 0 Å². The normalized spacial score (nSPS) is 14.3. The van der Waals surface area contributed by atoms with Gasteiger partial charge in [-0.05, 0) is 30.2 Å². The van der Waals surface area contributed by atoms with E-state index in [2.05, 4.69) is 4.98 Å². The van der Waals surface area contributed by atoms with Crippen molar-refractivity contribution >= 4 is 5.91 Å². The number of nitrogens with zero attached hydrogens (tertiary/aromatic N) is 4. The molecule has 0 radical (unpaired) electrons. The highest BCUT2D eigenvalue weighted by atomic mass is 19.4. The molecule has 12 heteroatoms. The van der Waals surface area contributed by atoms with E-state index in [1.54, 1.807) is 0 Å². The summed E-state index contributed by atoms with van der Waals surface area (Å²) in [6.45, 7) is -0.413. The monoisotopic (exact) mass is 507 g/mol. The van der Waals surface area contributed by atoms with Crippen LogP contribution >= 0.6 is 0 Å². The Hall–Kier alpha value is -3.85. The van der Waals surface area contributed by atoms with Crippen LogP contribution in [0.25, 0.3) is 11.3 Å². The van der Waals surface area contributed by atoms with E-state index in [-0.39, 0.29) is 55.0 Å². The van der Waals surface area contributed by atoms with Crippen molar-refractivity contribution in [1.29, 1.82) is 5.26 Å². The number of aromatic nitrogens is 2. The van der Waals surface area contributed by atoms with Crippen LogP contribution in [-0.4, -0.2) is 32.9 Å². The van der Waals surface area contributed by atoms with Crippen molar-refractivity contribution in [2.75, 3.05) is 6.54 Å². The number of halogens is 6. The molecule has 1 unspecified atom stereocenters. The van der Waals surface area contributed by atoms with Crippen LogP contribution in [0.4, 0.5) is 26.3 Å². The van der Waals surface area contributed by atoms with E-state index < -0.39 is 41.4 Å². The summed E-state index contributed by atoms with van der Waals surface area (Å²) in [5.41, 5.74) is 6.45. The number of amides is 1. The fourth-order valence-electron chi connectivity index (χ4n) is 4.19. The van der Waals surface area contributed by atoms with Gasteiger partial charge in [-0.2, -0.15) is 18.4 Å². The minimum Gasteiger partial charge on any atom is -0.335 e. The van der Waals surface area contributed by atoms with Gasteiger partial charge in [-0.25, -0.2) is 18.2 Å². The summed E-state index contributed by atoms with van der Waals surface area (Å²) in [4.78, 5) is 18.0. The topological polar surface area (TPSA) is 87.9 Å². The summed E-state index contributed by atoms with van der Waals surface area (Å²) in [6.07, 6.45) is -5.27. The van der Waals surface area contributed by atoms with Crippen LogP contribution in [0.3, 0.4) is 0 Å². The van der Waals surface area contributed by atoms with Gasteiger partial charge < -0.3 is 15.2 Å². The summed E-state index contributed by atoms with van der Waals surface area (Å²) in [5.74, 6) is -5.19. The predicted molar refractivity (Wildman–Crippen MR) is 115 cm³/mol. The molecular formula is C24H19F6N5O. The minimum atomic E-state index is -4.73. The van der Waals surface area contributed by atoms with Gasteiger partial charge in [0, 0.05) is 37.2 Å². The quantitative estimate of drug-likeness (QED) is 0.415. The second kappa shape index (κ2) is 9.66. The van der Waals surface area contributed by atoms with Gasteiger partial charge in [-0.3, -0.25) is 4.79 Å². The molecule has 2 N–H and O–H groups in total. The van der Waals surface area contributed by atoms with E-state index in [9.17, 15) is 31.1 Å². The van der Waals surface area contributed by atoms with Crippen LogP contribution in [0.2, 0.25) is 0 Å².